The van der Waals surface area contributed by atoms with Crippen molar-refractivity contribution < 1.29 is 53.7 Å². The summed E-state index contributed by atoms with van der Waals surface area (Å²) in [7, 11) is 0. The van der Waals surface area contributed by atoms with E-state index in [1.54, 1.807) is 0 Å². The molecule has 0 heterocycles. The molecule has 4 heteroatoms. The van der Waals surface area contributed by atoms with Crippen molar-refractivity contribution in [2.24, 2.45) is 0 Å². The molecular formula is H4O2TiW. The van der Waals surface area contributed by atoms with E-state index in [4.69, 9.17) is 0 Å². The molecule has 0 amide bonds. The van der Waals surface area contributed by atoms with Crippen LogP contribution in [0.15, 0.2) is 0 Å². The van der Waals surface area contributed by atoms with Gasteiger partial charge in [0.2, 0.25) is 0 Å². The van der Waals surface area contributed by atoms with Crippen molar-refractivity contribution in [3.05, 3.63) is 0 Å². The van der Waals surface area contributed by atoms with Crippen LogP contribution >= 0.6 is 0 Å². The first kappa shape index (κ1) is 56.9. The number of hydrogen-bond donors (Lipinski definition) is 0. The van der Waals surface area contributed by atoms with E-state index in [2.05, 4.69) is 0 Å². The van der Waals surface area contributed by atoms with Crippen LogP contribution in [0.3, 0.4) is 0 Å². The molecule has 0 aromatic heterocycles. The Bertz CT molecular complexity index is 6.00. The Morgan fingerprint density at radius 1 is 0.750 bits per heavy atom. The fourth-order valence-electron chi connectivity index (χ4n) is 0. The molecule has 0 aliphatic rings. The van der Waals surface area contributed by atoms with E-state index >= 15 is 0 Å². The van der Waals surface area contributed by atoms with Crippen molar-refractivity contribution in [2.45, 2.75) is 0 Å². The van der Waals surface area contributed by atoms with E-state index < -0.39 is 0 Å². The molecule has 0 aliphatic heterocycles. The smallest absolute Gasteiger partial charge is 0 e. The molecular weight excluding hydrogens is 264 g/mol. The van der Waals surface area contributed by atoms with Crippen molar-refractivity contribution in [3.8, 4) is 0 Å². The molecule has 4 N–H and O–H groups in total. The summed E-state index contributed by atoms with van der Waals surface area (Å²) >= 11 is 0. The van der Waals surface area contributed by atoms with Gasteiger partial charge in [-0.25, -0.2) is 0 Å². The molecule has 0 aromatic carbocycles. The van der Waals surface area contributed by atoms with E-state index in [1.807, 2.05) is 0 Å². The topological polar surface area (TPSA) is 63.0 Å². The summed E-state index contributed by atoms with van der Waals surface area (Å²) in [6, 6.07) is 0. The summed E-state index contributed by atoms with van der Waals surface area (Å²) < 4.78 is 0. The van der Waals surface area contributed by atoms with Gasteiger partial charge in [0.1, 0.15) is 0 Å². The maximum absolute atomic E-state index is 0. The van der Waals surface area contributed by atoms with E-state index in [1.165, 1.54) is 0 Å². The predicted octanol–water partition coefficient (Wildman–Crippen LogP) is -1.65. The van der Waals surface area contributed by atoms with Crippen LogP contribution in [0.1, 0.15) is 0 Å². The largest absolute Gasteiger partial charge is 0.412 e. The van der Waals surface area contributed by atoms with Crippen LogP contribution in [0.5, 0.6) is 0 Å². The third-order valence-electron chi connectivity index (χ3n) is 0. The summed E-state index contributed by atoms with van der Waals surface area (Å²) in [6.45, 7) is 0. The first-order valence-corrected chi connectivity index (χ1v) is 0. The minimum atomic E-state index is 0. The Morgan fingerprint density at radius 2 is 0.750 bits per heavy atom. The molecule has 0 aromatic rings. The van der Waals surface area contributed by atoms with Crippen LogP contribution in [0.4, 0.5) is 0 Å². The van der Waals surface area contributed by atoms with Gasteiger partial charge in [-0.1, -0.05) is 0 Å². The first-order chi connectivity index (χ1) is 0. The molecule has 0 fully saturated rings. The summed E-state index contributed by atoms with van der Waals surface area (Å²) in [6.07, 6.45) is 0. The third-order valence-corrected chi connectivity index (χ3v) is 0. The zero-order valence-corrected chi connectivity index (χ0v) is 6.40. The minimum Gasteiger partial charge on any atom is -0.412 e. The third kappa shape index (κ3) is 10.2. The fourth-order valence-corrected chi connectivity index (χ4v) is 0. The molecule has 0 saturated heterocycles. The molecule has 0 atom stereocenters. The van der Waals surface area contributed by atoms with Crippen LogP contribution in [0, 0.1) is 0 Å². The summed E-state index contributed by atoms with van der Waals surface area (Å²) in [5.41, 5.74) is 0. The second-order valence-electron chi connectivity index (χ2n) is 0. The Morgan fingerprint density at radius 3 is 0.750 bits per heavy atom. The quantitative estimate of drug-likeness (QED) is 0.472. The van der Waals surface area contributed by atoms with Gasteiger partial charge in [0.05, 0.1) is 0 Å². The average molecular weight is 268 g/mol. The molecule has 0 radical (unpaired) electrons. The zero-order chi connectivity index (χ0) is 0. The molecule has 0 bridgehead atoms. The molecule has 0 aliphatic carbocycles. The molecule has 4 heavy (non-hydrogen) atoms. The standard InChI is InChI=1S/2H2O.Ti.W/h2*1H2;;. The second-order valence-corrected chi connectivity index (χ2v) is 0. The Hall–Kier alpha value is 1.32. The van der Waals surface area contributed by atoms with Crippen molar-refractivity contribution >= 4 is 0 Å². The van der Waals surface area contributed by atoms with E-state index in [0.717, 1.165) is 0 Å². The molecule has 2 nitrogen and oxygen atoms in total. The zero-order valence-electron chi connectivity index (χ0n) is 1.91. The van der Waals surface area contributed by atoms with Gasteiger partial charge in [0.25, 0.3) is 0 Å². The monoisotopic (exact) mass is 268 g/mol. The SMILES string of the molecule is O.O.[Ti].[W]. The average Bonchev–Trinajstić information content (AvgIpc) is 0. The Kier molecular flexibility index (Phi) is 388. The van der Waals surface area contributed by atoms with Gasteiger partial charge in [0.15, 0.2) is 0 Å². The van der Waals surface area contributed by atoms with Crippen LogP contribution < -0.4 is 0 Å². The molecule has 0 rings (SSSR count). The number of hydrogen-bond acceptors (Lipinski definition) is 0. The van der Waals surface area contributed by atoms with Gasteiger partial charge >= 0.3 is 0 Å². The van der Waals surface area contributed by atoms with Gasteiger partial charge in [-0.05, 0) is 0 Å². The van der Waals surface area contributed by atoms with Gasteiger partial charge in [-0.3, -0.25) is 0 Å². The van der Waals surface area contributed by atoms with Crippen LogP contribution in [0.25, 0.3) is 0 Å². The maximum Gasteiger partial charge on any atom is 0 e. The van der Waals surface area contributed by atoms with Crippen molar-refractivity contribution in [3.63, 3.8) is 0 Å². The van der Waals surface area contributed by atoms with Crippen LogP contribution in [-0.2, 0) is 42.8 Å². The Labute approximate surface area is 53.7 Å². The molecule has 26 valence electrons. The van der Waals surface area contributed by atoms with Crippen molar-refractivity contribution in [1.82, 2.24) is 0 Å². The number of rotatable bonds is 0. The summed E-state index contributed by atoms with van der Waals surface area (Å²) in [4.78, 5) is 0. The van der Waals surface area contributed by atoms with Crippen LogP contribution in [-0.4, -0.2) is 11.0 Å². The maximum atomic E-state index is 0. The fraction of sp³-hybridized carbons (Fsp3) is 0. The predicted molar refractivity (Wildman–Crippen MR) is 7.23 cm³/mol. The van der Waals surface area contributed by atoms with Crippen molar-refractivity contribution in [1.29, 1.82) is 0 Å². The molecule has 0 saturated carbocycles. The van der Waals surface area contributed by atoms with Gasteiger partial charge in [-0.2, -0.15) is 0 Å². The van der Waals surface area contributed by atoms with Gasteiger partial charge in [-0.15, -0.1) is 0 Å². The Balaban J connectivity index is 0. The van der Waals surface area contributed by atoms with E-state index in [9.17, 15) is 0 Å². The van der Waals surface area contributed by atoms with Gasteiger partial charge in [0, 0.05) is 42.8 Å². The molecule has 0 spiro atoms. The molecule has 0 unspecified atom stereocenters. The second kappa shape index (κ2) is 27.3. The van der Waals surface area contributed by atoms with E-state index in [-0.39, 0.29) is 53.7 Å². The van der Waals surface area contributed by atoms with Gasteiger partial charge < -0.3 is 11.0 Å². The normalized spacial score (nSPS) is 0. The van der Waals surface area contributed by atoms with Crippen LogP contribution in [0.2, 0.25) is 0 Å². The summed E-state index contributed by atoms with van der Waals surface area (Å²) in [5.74, 6) is 0. The van der Waals surface area contributed by atoms with Crippen molar-refractivity contribution in [2.75, 3.05) is 0 Å². The minimum absolute atomic E-state index is 0. The first-order valence-electron chi connectivity index (χ1n) is 0. The summed E-state index contributed by atoms with van der Waals surface area (Å²) in [5, 5.41) is 0. The van der Waals surface area contributed by atoms with E-state index in [0.29, 0.717) is 0 Å².